The third-order valence-corrected chi connectivity index (χ3v) is 7.22. The van der Waals surface area contributed by atoms with Crippen molar-refractivity contribution in [3.8, 4) is 5.75 Å². The minimum atomic E-state index is -3.54. The van der Waals surface area contributed by atoms with Crippen LogP contribution in [0.25, 0.3) is 0 Å². The second-order valence-corrected chi connectivity index (χ2v) is 9.36. The summed E-state index contributed by atoms with van der Waals surface area (Å²) in [7, 11) is -2.02. The molecule has 1 unspecified atom stereocenters. The smallest absolute Gasteiger partial charge is 0.243 e. The Morgan fingerprint density at radius 1 is 1.17 bits per heavy atom. The van der Waals surface area contributed by atoms with Crippen LogP contribution in [0, 0.1) is 5.82 Å². The van der Waals surface area contributed by atoms with Gasteiger partial charge in [-0.3, -0.25) is 4.79 Å². The van der Waals surface area contributed by atoms with E-state index in [-0.39, 0.29) is 29.1 Å². The van der Waals surface area contributed by atoms with Gasteiger partial charge in [0.25, 0.3) is 0 Å². The number of halogens is 1. The van der Waals surface area contributed by atoms with Gasteiger partial charge < -0.3 is 10.1 Å². The number of hydrogen-bond donors (Lipinski definition) is 1. The van der Waals surface area contributed by atoms with Crippen LogP contribution >= 0.6 is 0 Å². The molecule has 0 spiro atoms. The largest absolute Gasteiger partial charge is 0.496 e. The van der Waals surface area contributed by atoms with Crippen LogP contribution in [0.5, 0.6) is 5.75 Å². The molecule has 1 saturated heterocycles. The fraction of sp³-hybridized carbons (Fsp3) is 0.409. The van der Waals surface area contributed by atoms with Crippen molar-refractivity contribution in [2.75, 3.05) is 20.2 Å². The Morgan fingerprint density at radius 3 is 2.47 bits per heavy atom. The van der Waals surface area contributed by atoms with Crippen LogP contribution in [-0.4, -0.2) is 38.8 Å². The lowest BCUT2D eigenvalue weighted by Gasteiger charge is -2.18. The van der Waals surface area contributed by atoms with Gasteiger partial charge in [0.05, 0.1) is 18.0 Å². The number of nitrogens with zero attached hydrogens (tertiary/aromatic N) is 1. The number of nitrogens with one attached hydrogen (secondary N) is 1. The summed E-state index contributed by atoms with van der Waals surface area (Å²) in [6.07, 6.45) is 2.26. The number of methoxy groups -OCH3 is 1. The maximum atomic E-state index is 13.1. The molecule has 1 aliphatic heterocycles. The number of ether oxygens (including phenoxy) is 1. The zero-order valence-corrected chi connectivity index (χ0v) is 18.0. The zero-order chi connectivity index (χ0) is 21.7. The quantitative estimate of drug-likeness (QED) is 0.691. The first-order valence-electron chi connectivity index (χ1n) is 10.0. The Balaban J connectivity index is 1.67. The number of aryl methyl sites for hydroxylation is 1. The second-order valence-electron chi connectivity index (χ2n) is 7.43. The van der Waals surface area contributed by atoms with Crippen molar-refractivity contribution in [1.29, 1.82) is 0 Å². The molecule has 0 bridgehead atoms. The van der Waals surface area contributed by atoms with Crippen LogP contribution in [0.3, 0.4) is 0 Å². The summed E-state index contributed by atoms with van der Waals surface area (Å²) in [6.45, 7) is 2.90. The Labute approximate surface area is 177 Å². The molecule has 2 aromatic rings. The van der Waals surface area contributed by atoms with Crippen LogP contribution in [0.4, 0.5) is 4.39 Å². The van der Waals surface area contributed by atoms with Gasteiger partial charge in [0, 0.05) is 19.5 Å². The molecule has 1 amide bonds. The third-order valence-electron chi connectivity index (χ3n) is 5.32. The average molecular weight is 435 g/mol. The van der Waals surface area contributed by atoms with Crippen LogP contribution in [0.15, 0.2) is 47.4 Å². The summed E-state index contributed by atoms with van der Waals surface area (Å²) in [5, 5.41) is 2.88. The van der Waals surface area contributed by atoms with E-state index in [2.05, 4.69) is 5.32 Å². The lowest BCUT2D eigenvalue weighted by molar-refractivity contribution is -0.121. The Kier molecular flexibility index (Phi) is 7.10. The second kappa shape index (κ2) is 9.57. The molecule has 0 aromatic heterocycles. The molecule has 1 fully saturated rings. The van der Waals surface area contributed by atoms with Crippen molar-refractivity contribution in [3.05, 3.63) is 59.4 Å². The fourth-order valence-electron chi connectivity index (χ4n) is 3.58. The summed E-state index contributed by atoms with van der Waals surface area (Å²) in [5.74, 6) is 0.0459. The van der Waals surface area contributed by atoms with E-state index in [1.54, 1.807) is 30.3 Å². The van der Waals surface area contributed by atoms with Crippen LogP contribution in [-0.2, 0) is 21.2 Å². The maximum absolute atomic E-state index is 13.1. The van der Waals surface area contributed by atoms with Crippen molar-refractivity contribution in [1.82, 2.24) is 9.62 Å². The van der Waals surface area contributed by atoms with Crippen LogP contribution in [0.1, 0.15) is 43.4 Å². The van der Waals surface area contributed by atoms with E-state index in [4.69, 9.17) is 4.74 Å². The molecular weight excluding hydrogens is 407 g/mol. The minimum absolute atomic E-state index is 0.176. The molecule has 30 heavy (non-hydrogen) atoms. The molecule has 1 atom stereocenters. The highest BCUT2D eigenvalue weighted by Gasteiger charge is 2.27. The number of carbonyl (C=O) groups excluding carboxylic acids is 1. The first-order valence-corrected chi connectivity index (χ1v) is 11.5. The van der Waals surface area contributed by atoms with Gasteiger partial charge in [0.1, 0.15) is 11.6 Å². The van der Waals surface area contributed by atoms with Gasteiger partial charge in [-0.25, -0.2) is 12.8 Å². The molecular formula is C22H27FN2O4S. The summed E-state index contributed by atoms with van der Waals surface area (Å²) in [5.41, 5.74) is 1.48. The monoisotopic (exact) mass is 434 g/mol. The van der Waals surface area contributed by atoms with Gasteiger partial charge in [-0.2, -0.15) is 4.31 Å². The molecule has 1 heterocycles. The molecule has 0 saturated carbocycles. The number of carbonyl (C=O) groups is 1. The number of amides is 1. The molecule has 1 aliphatic rings. The first-order chi connectivity index (χ1) is 14.3. The van der Waals surface area contributed by atoms with Gasteiger partial charge in [-0.05, 0) is 67.6 Å². The summed E-state index contributed by atoms with van der Waals surface area (Å²) in [6, 6.07) is 10.5. The van der Waals surface area contributed by atoms with Gasteiger partial charge >= 0.3 is 0 Å². The fourth-order valence-corrected chi connectivity index (χ4v) is 5.15. The standard InChI is InChI=1S/C22H27FN2O4S/c1-16(17-5-8-19(23)9-6-17)24-22(26)12-7-18-15-20(10-11-21(18)29-2)30(27,28)25-13-3-4-14-25/h5-6,8-11,15-16H,3-4,7,12-14H2,1-2H3,(H,24,26). The van der Waals surface area contributed by atoms with E-state index in [0.29, 0.717) is 30.8 Å². The molecule has 0 aliphatic carbocycles. The summed E-state index contributed by atoms with van der Waals surface area (Å²) < 4.78 is 45.6. The topological polar surface area (TPSA) is 75.7 Å². The van der Waals surface area contributed by atoms with E-state index >= 15 is 0 Å². The summed E-state index contributed by atoms with van der Waals surface area (Å²) >= 11 is 0. The van der Waals surface area contributed by atoms with Crippen molar-refractivity contribution >= 4 is 15.9 Å². The van der Waals surface area contributed by atoms with Crippen molar-refractivity contribution in [2.45, 2.75) is 43.5 Å². The Morgan fingerprint density at radius 2 is 1.83 bits per heavy atom. The van der Waals surface area contributed by atoms with Gasteiger partial charge in [0.15, 0.2) is 0 Å². The lowest BCUT2D eigenvalue weighted by atomic mass is 10.1. The Hall–Kier alpha value is -2.45. The van der Waals surface area contributed by atoms with Crippen LogP contribution in [0.2, 0.25) is 0 Å². The highest BCUT2D eigenvalue weighted by Crippen LogP contribution is 2.27. The number of benzene rings is 2. The zero-order valence-electron chi connectivity index (χ0n) is 17.2. The molecule has 162 valence electrons. The lowest BCUT2D eigenvalue weighted by Crippen LogP contribution is -2.28. The molecule has 6 nitrogen and oxygen atoms in total. The predicted molar refractivity (Wildman–Crippen MR) is 112 cm³/mol. The maximum Gasteiger partial charge on any atom is 0.243 e. The minimum Gasteiger partial charge on any atom is -0.496 e. The number of rotatable bonds is 8. The molecule has 8 heteroatoms. The highest BCUT2D eigenvalue weighted by atomic mass is 32.2. The van der Waals surface area contributed by atoms with E-state index in [1.807, 2.05) is 6.92 Å². The van der Waals surface area contributed by atoms with E-state index in [9.17, 15) is 17.6 Å². The van der Waals surface area contributed by atoms with E-state index in [1.165, 1.54) is 23.5 Å². The van der Waals surface area contributed by atoms with Gasteiger partial charge in [-0.1, -0.05) is 12.1 Å². The molecule has 2 aromatic carbocycles. The first kappa shape index (κ1) is 22.2. The Bertz CT molecular complexity index is 987. The van der Waals surface area contributed by atoms with E-state index in [0.717, 1.165) is 18.4 Å². The van der Waals surface area contributed by atoms with E-state index < -0.39 is 10.0 Å². The van der Waals surface area contributed by atoms with Crippen molar-refractivity contribution < 1.29 is 22.3 Å². The average Bonchev–Trinajstić information content (AvgIpc) is 3.28. The SMILES string of the molecule is COc1ccc(S(=O)(=O)N2CCCC2)cc1CCC(=O)NC(C)c1ccc(F)cc1. The third kappa shape index (κ3) is 5.17. The highest BCUT2D eigenvalue weighted by molar-refractivity contribution is 7.89. The number of hydrogen-bond acceptors (Lipinski definition) is 4. The van der Waals surface area contributed by atoms with Crippen molar-refractivity contribution in [2.24, 2.45) is 0 Å². The number of sulfonamides is 1. The normalized spacial score (nSPS) is 15.7. The molecule has 0 radical (unpaired) electrons. The predicted octanol–water partition coefficient (Wildman–Crippen LogP) is 3.43. The molecule has 3 rings (SSSR count). The van der Waals surface area contributed by atoms with Gasteiger partial charge in [0.2, 0.25) is 15.9 Å². The molecule has 1 N–H and O–H groups in total. The van der Waals surface area contributed by atoms with Gasteiger partial charge in [-0.15, -0.1) is 0 Å². The summed E-state index contributed by atoms with van der Waals surface area (Å²) in [4.78, 5) is 12.6. The van der Waals surface area contributed by atoms with Crippen molar-refractivity contribution in [3.63, 3.8) is 0 Å². The van der Waals surface area contributed by atoms with Crippen LogP contribution < -0.4 is 10.1 Å².